The van der Waals surface area contributed by atoms with Gasteiger partial charge in [0, 0.05) is 47.5 Å². The van der Waals surface area contributed by atoms with Crippen molar-refractivity contribution in [3.8, 4) is 5.75 Å². The number of carbonyl (C=O) groups is 2. The fourth-order valence-electron chi connectivity index (χ4n) is 8.14. The van der Waals surface area contributed by atoms with Crippen LogP contribution < -0.4 is 14.4 Å². The summed E-state index contributed by atoms with van der Waals surface area (Å²) in [6.45, 7) is 3.94. The van der Waals surface area contributed by atoms with Gasteiger partial charge in [0.2, 0.25) is 5.91 Å². The van der Waals surface area contributed by atoms with Crippen LogP contribution in [0.4, 0.5) is 5.69 Å². The van der Waals surface area contributed by atoms with Crippen molar-refractivity contribution in [2.45, 2.75) is 76.2 Å². The minimum Gasteiger partial charge on any atom is -0.490 e. The van der Waals surface area contributed by atoms with Crippen LogP contribution in [0.2, 0.25) is 5.02 Å². The number of rotatable bonds is 5. The van der Waals surface area contributed by atoms with E-state index < -0.39 is 21.7 Å². The highest BCUT2D eigenvalue weighted by Crippen LogP contribution is 2.47. The summed E-state index contributed by atoms with van der Waals surface area (Å²) in [5.41, 5.74) is 6.09. The summed E-state index contributed by atoms with van der Waals surface area (Å²) in [4.78, 5) is 34.6. The summed E-state index contributed by atoms with van der Waals surface area (Å²) >= 11 is 7.94. The number of allylic oxidation sites excluding steroid dienone is 1. The summed E-state index contributed by atoms with van der Waals surface area (Å²) in [6.07, 6.45) is 11.1. The molecule has 2 aliphatic carbocycles. The SMILES string of the molecule is CO[C@H]1/C=C/CCC[S@@](=O)(NC(=O)CCc2scnc2C)=NC(=O)c2ccc3c(c2)N(C[C@@H]2CC[C@H]21)C[C@@]1(CCCc2cc(Cl)ccc21)CO3. The molecule has 0 unspecified atom stereocenters. The third-order valence-corrected chi connectivity index (χ3v) is 14.0. The van der Waals surface area contributed by atoms with Crippen molar-refractivity contribution in [1.29, 1.82) is 0 Å². The molecule has 0 saturated heterocycles. The Morgan fingerprint density at radius 3 is 2.88 bits per heavy atom. The van der Waals surface area contributed by atoms with Gasteiger partial charge in [-0.3, -0.25) is 14.3 Å². The molecule has 266 valence electrons. The third kappa shape index (κ3) is 7.38. The Hall–Kier alpha value is -3.25. The number of nitrogens with one attached hydrogen (secondary N) is 1. The number of aromatic nitrogens is 1. The van der Waals surface area contributed by atoms with Crippen molar-refractivity contribution < 1.29 is 23.3 Å². The van der Waals surface area contributed by atoms with Gasteiger partial charge in [-0.1, -0.05) is 29.8 Å². The molecule has 1 aromatic heterocycles. The predicted molar refractivity (Wildman–Crippen MR) is 199 cm³/mol. The van der Waals surface area contributed by atoms with Gasteiger partial charge in [-0.2, -0.15) is 0 Å². The van der Waals surface area contributed by atoms with E-state index in [1.54, 1.807) is 18.7 Å². The van der Waals surface area contributed by atoms with E-state index in [0.717, 1.165) is 66.5 Å². The molecule has 3 aromatic rings. The number of nitrogens with zero attached hydrogens (tertiary/aromatic N) is 3. The van der Waals surface area contributed by atoms with Gasteiger partial charge in [-0.25, -0.2) is 9.19 Å². The van der Waals surface area contributed by atoms with Crippen LogP contribution in [-0.4, -0.2) is 59.7 Å². The monoisotopic (exact) mass is 736 g/mol. The molecule has 0 radical (unpaired) electrons. The van der Waals surface area contributed by atoms with Crippen molar-refractivity contribution in [2.75, 3.05) is 37.5 Å². The molecule has 1 N–H and O–H groups in total. The van der Waals surface area contributed by atoms with Crippen molar-refractivity contribution in [2.24, 2.45) is 16.2 Å². The highest BCUT2D eigenvalue weighted by atomic mass is 35.5. The zero-order chi connectivity index (χ0) is 34.9. The molecular formula is C38H45ClN4O5S2. The van der Waals surface area contributed by atoms with E-state index in [1.807, 2.05) is 25.1 Å². The number of aryl methyl sites for hydroxylation is 3. The maximum absolute atomic E-state index is 14.3. The maximum Gasteiger partial charge on any atom is 0.286 e. The van der Waals surface area contributed by atoms with E-state index in [1.165, 1.54) is 22.5 Å². The number of ether oxygens (including phenoxy) is 2. The lowest BCUT2D eigenvalue weighted by molar-refractivity contribution is -0.119. The third-order valence-electron chi connectivity index (χ3n) is 11.0. The lowest BCUT2D eigenvalue weighted by atomic mass is 9.68. The van der Waals surface area contributed by atoms with Crippen LogP contribution in [0.1, 0.15) is 77.0 Å². The van der Waals surface area contributed by atoms with Gasteiger partial charge in [0.15, 0.2) is 0 Å². The number of fused-ring (bicyclic) bond motifs is 4. The fourth-order valence-corrected chi connectivity index (χ4v) is 10.7. The molecule has 1 fully saturated rings. The van der Waals surface area contributed by atoms with Crippen LogP contribution in [0.3, 0.4) is 0 Å². The van der Waals surface area contributed by atoms with E-state index >= 15 is 0 Å². The molecule has 12 heteroatoms. The van der Waals surface area contributed by atoms with Crippen LogP contribution in [0, 0.1) is 18.8 Å². The van der Waals surface area contributed by atoms with E-state index in [4.69, 9.17) is 21.1 Å². The predicted octanol–water partition coefficient (Wildman–Crippen LogP) is 7.24. The molecule has 1 saturated carbocycles. The first kappa shape index (κ1) is 35.2. The first-order valence-corrected chi connectivity index (χ1v) is 20.6. The van der Waals surface area contributed by atoms with Crippen LogP contribution in [0.15, 0.2) is 58.4 Å². The van der Waals surface area contributed by atoms with Crippen LogP contribution in [-0.2, 0) is 37.7 Å². The van der Waals surface area contributed by atoms with E-state index in [0.29, 0.717) is 49.0 Å². The second-order valence-electron chi connectivity index (χ2n) is 14.2. The number of halogens is 1. The molecule has 2 amide bonds. The largest absolute Gasteiger partial charge is 0.490 e. The number of benzene rings is 2. The smallest absolute Gasteiger partial charge is 0.286 e. The number of anilines is 1. The van der Waals surface area contributed by atoms with Gasteiger partial charge >= 0.3 is 0 Å². The lowest BCUT2D eigenvalue weighted by Crippen LogP contribution is -2.49. The van der Waals surface area contributed by atoms with Crippen molar-refractivity contribution in [3.05, 3.63) is 86.3 Å². The fraction of sp³-hybridized carbons (Fsp3) is 0.500. The molecule has 9 nitrogen and oxygen atoms in total. The molecule has 1 spiro atoms. The number of hydrogen-bond donors (Lipinski definition) is 1. The van der Waals surface area contributed by atoms with Gasteiger partial charge in [0.25, 0.3) is 5.91 Å². The van der Waals surface area contributed by atoms with E-state index in [2.05, 4.69) is 43.3 Å². The van der Waals surface area contributed by atoms with E-state index in [9.17, 15) is 13.8 Å². The zero-order valence-electron chi connectivity index (χ0n) is 28.7. The molecule has 50 heavy (non-hydrogen) atoms. The van der Waals surface area contributed by atoms with Crippen LogP contribution in [0.5, 0.6) is 5.75 Å². The Morgan fingerprint density at radius 2 is 2.10 bits per heavy atom. The first-order chi connectivity index (χ1) is 24.1. The number of hydrogen-bond acceptors (Lipinski definition) is 8. The average molecular weight is 737 g/mol. The maximum atomic E-state index is 14.3. The normalized spacial score (nSPS) is 28.7. The second-order valence-corrected chi connectivity index (χ2v) is 17.6. The minimum absolute atomic E-state index is 0.0345. The van der Waals surface area contributed by atoms with E-state index in [-0.39, 0.29) is 23.7 Å². The topological polar surface area (TPSA) is 110 Å². The van der Waals surface area contributed by atoms with Crippen molar-refractivity contribution >= 4 is 50.4 Å². The average Bonchev–Trinajstić information content (AvgIpc) is 3.43. The molecule has 5 atom stereocenters. The van der Waals surface area contributed by atoms with Gasteiger partial charge in [0.05, 0.1) is 35.4 Å². The van der Waals surface area contributed by atoms with Gasteiger partial charge in [0.1, 0.15) is 15.7 Å². The summed E-state index contributed by atoms with van der Waals surface area (Å²) in [5, 5.41) is 0.745. The highest BCUT2D eigenvalue weighted by molar-refractivity contribution is 7.92. The Bertz CT molecular complexity index is 1920. The zero-order valence-corrected chi connectivity index (χ0v) is 31.1. The Balaban J connectivity index is 1.24. The Labute approximate surface area is 304 Å². The van der Waals surface area contributed by atoms with Crippen molar-refractivity contribution in [1.82, 2.24) is 9.71 Å². The summed E-state index contributed by atoms with van der Waals surface area (Å²) in [6, 6.07) is 11.6. The Morgan fingerprint density at radius 1 is 1.22 bits per heavy atom. The standard InChI is InChI=1S/C38H45ClN4O5S2/c1-25-35(49-24-40-25)15-16-36(44)41-50(46)18-5-3-4-8-33(47-2)30-12-9-28(30)21-43-22-38(17-6-7-26-19-29(39)11-13-31(26)38)23-48-34-14-10-27(20-32(34)43)37(45)42-50/h4,8,10-11,13-14,19-20,24,28,30,33H,3,5-7,9,12,15-18,21-23H2,1-2H3,(H,41,42,44,45,46)/b8-4+/t28-,30+,33-,38-,50+/m0/s1. The lowest BCUT2D eigenvalue weighted by Gasteiger charge is -2.46. The van der Waals surface area contributed by atoms with Crippen molar-refractivity contribution in [3.63, 3.8) is 0 Å². The number of carbonyl (C=O) groups excluding carboxylic acids is 2. The quantitative estimate of drug-likeness (QED) is 0.275. The summed E-state index contributed by atoms with van der Waals surface area (Å²) in [5.74, 6) is 0.519. The highest BCUT2D eigenvalue weighted by Gasteiger charge is 2.44. The number of thiazole rings is 1. The van der Waals surface area contributed by atoms with Crippen LogP contribution >= 0.6 is 22.9 Å². The minimum atomic E-state index is -3.40. The van der Waals surface area contributed by atoms with Crippen LogP contribution in [0.25, 0.3) is 0 Å². The number of methoxy groups -OCH3 is 1. The molecule has 2 aliphatic heterocycles. The van der Waals surface area contributed by atoms with Gasteiger partial charge in [-0.05, 0) is 112 Å². The Kier molecular flexibility index (Phi) is 10.4. The van der Waals surface area contributed by atoms with Gasteiger partial charge in [-0.15, -0.1) is 15.7 Å². The first-order valence-electron chi connectivity index (χ1n) is 17.6. The molecular weight excluding hydrogens is 692 g/mol. The molecule has 2 bridgehead atoms. The molecule has 4 aliphatic rings. The molecule has 3 heterocycles. The summed E-state index contributed by atoms with van der Waals surface area (Å²) in [7, 11) is -1.63. The number of amides is 2. The molecule has 7 rings (SSSR count). The van der Waals surface area contributed by atoms with Gasteiger partial charge < -0.3 is 14.4 Å². The molecule has 2 aromatic carbocycles. The second kappa shape index (κ2) is 14.8. The summed E-state index contributed by atoms with van der Waals surface area (Å²) < 4.78 is 33.8.